The second kappa shape index (κ2) is 5.31. The Morgan fingerprint density at radius 2 is 2.29 bits per heavy atom. The minimum atomic E-state index is 0.384. The molecule has 0 spiro atoms. The lowest BCUT2D eigenvalue weighted by atomic mass is 10.2. The van der Waals surface area contributed by atoms with Gasteiger partial charge in [0.05, 0.1) is 19.3 Å². The van der Waals surface area contributed by atoms with Gasteiger partial charge in [0.25, 0.3) is 0 Å². The first-order valence-electron chi connectivity index (χ1n) is 5.39. The maximum Gasteiger partial charge on any atom is 0.0703 e. The van der Waals surface area contributed by atoms with Crippen LogP contribution in [0.5, 0.6) is 0 Å². The third-order valence-corrected chi connectivity index (χ3v) is 3.35. The highest BCUT2D eigenvalue weighted by Gasteiger charge is 2.26. The number of hydrogen-bond donors (Lipinski definition) is 0. The molecule has 14 heavy (non-hydrogen) atoms. The summed E-state index contributed by atoms with van der Waals surface area (Å²) in [6, 6.07) is 0.384. The van der Waals surface area contributed by atoms with Crippen LogP contribution in [0.4, 0.5) is 0 Å². The molecule has 2 heterocycles. The average Bonchev–Trinajstić information content (AvgIpc) is 2.71. The summed E-state index contributed by atoms with van der Waals surface area (Å²) in [6.45, 7) is 4.56. The monoisotopic (exact) mass is 219 g/mol. The van der Waals surface area contributed by atoms with E-state index in [-0.39, 0.29) is 0 Å². The number of morpholine rings is 1. The summed E-state index contributed by atoms with van der Waals surface area (Å²) >= 11 is 5.90. The Morgan fingerprint density at radius 1 is 1.36 bits per heavy atom. The van der Waals surface area contributed by atoms with Gasteiger partial charge in [-0.2, -0.15) is 0 Å². The lowest BCUT2D eigenvalue weighted by molar-refractivity contribution is -0.0233. The van der Waals surface area contributed by atoms with E-state index in [0.29, 0.717) is 18.0 Å². The van der Waals surface area contributed by atoms with Crippen LogP contribution in [0.25, 0.3) is 0 Å². The van der Waals surface area contributed by atoms with Crippen molar-refractivity contribution in [3.05, 3.63) is 0 Å². The average molecular weight is 220 g/mol. The van der Waals surface area contributed by atoms with Gasteiger partial charge in [-0.05, 0) is 12.8 Å². The topological polar surface area (TPSA) is 21.7 Å². The lowest BCUT2D eigenvalue weighted by Crippen LogP contribution is -2.49. The SMILES string of the molecule is ClCC1COCCN1CC1CCCO1. The minimum Gasteiger partial charge on any atom is -0.378 e. The predicted molar refractivity (Wildman–Crippen MR) is 55.9 cm³/mol. The molecule has 0 aromatic heterocycles. The third-order valence-electron chi connectivity index (χ3n) is 2.99. The first-order valence-corrected chi connectivity index (χ1v) is 5.93. The van der Waals surface area contributed by atoms with Crippen LogP contribution in [0.15, 0.2) is 0 Å². The van der Waals surface area contributed by atoms with Gasteiger partial charge in [0.1, 0.15) is 0 Å². The Bertz CT molecular complexity index is 174. The second-order valence-electron chi connectivity index (χ2n) is 4.01. The van der Waals surface area contributed by atoms with Crippen molar-refractivity contribution in [1.82, 2.24) is 4.90 Å². The zero-order chi connectivity index (χ0) is 9.80. The molecular formula is C10H18ClNO2. The highest BCUT2D eigenvalue weighted by Crippen LogP contribution is 2.16. The van der Waals surface area contributed by atoms with Gasteiger partial charge in [-0.1, -0.05) is 0 Å². The minimum absolute atomic E-state index is 0.384. The fourth-order valence-electron chi connectivity index (χ4n) is 2.12. The van der Waals surface area contributed by atoms with Crippen molar-refractivity contribution in [3.63, 3.8) is 0 Å². The highest BCUT2D eigenvalue weighted by molar-refractivity contribution is 6.18. The van der Waals surface area contributed by atoms with E-state index in [2.05, 4.69) is 4.90 Å². The van der Waals surface area contributed by atoms with E-state index in [1.165, 1.54) is 12.8 Å². The molecule has 0 N–H and O–H groups in total. The van der Waals surface area contributed by atoms with Crippen molar-refractivity contribution in [2.24, 2.45) is 0 Å². The van der Waals surface area contributed by atoms with Crippen LogP contribution in [0, 0.1) is 0 Å². The van der Waals surface area contributed by atoms with Gasteiger partial charge >= 0.3 is 0 Å². The first-order chi connectivity index (χ1) is 6.90. The molecule has 2 saturated heterocycles. The summed E-state index contributed by atoms with van der Waals surface area (Å²) in [7, 11) is 0. The third kappa shape index (κ3) is 2.60. The summed E-state index contributed by atoms with van der Waals surface area (Å²) in [5.74, 6) is 0.659. The zero-order valence-corrected chi connectivity index (χ0v) is 9.21. The van der Waals surface area contributed by atoms with Gasteiger partial charge in [-0.15, -0.1) is 11.6 Å². The van der Waals surface area contributed by atoms with E-state index in [9.17, 15) is 0 Å². The van der Waals surface area contributed by atoms with Crippen LogP contribution in [-0.4, -0.2) is 55.8 Å². The van der Waals surface area contributed by atoms with Crippen molar-refractivity contribution < 1.29 is 9.47 Å². The fourth-order valence-corrected chi connectivity index (χ4v) is 2.41. The highest BCUT2D eigenvalue weighted by atomic mass is 35.5. The zero-order valence-electron chi connectivity index (χ0n) is 8.45. The molecule has 0 bridgehead atoms. The molecule has 0 aliphatic carbocycles. The molecule has 0 aromatic carbocycles. The van der Waals surface area contributed by atoms with Crippen molar-refractivity contribution in [2.45, 2.75) is 25.0 Å². The molecular weight excluding hydrogens is 202 g/mol. The molecule has 2 unspecified atom stereocenters. The molecule has 0 amide bonds. The number of halogens is 1. The van der Waals surface area contributed by atoms with E-state index in [1.54, 1.807) is 0 Å². The quantitative estimate of drug-likeness (QED) is 0.664. The van der Waals surface area contributed by atoms with Gasteiger partial charge in [0.2, 0.25) is 0 Å². The van der Waals surface area contributed by atoms with Crippen molar-refractivity contribution in [1.29, 1.82) is 0 Å². The number of hydrogen-bond acceptors (Lipinski definition) is 3. The Labute approximate surface area is 90.3 Å². The van der Waals surface area contributed by atoms with E-state index >= 15 is 0 Å². The molecule has 2 aliphatic rings. The number of alkyl halides is 1. The second-order valence-corrected chi connectivity index (χ2v) is 4.32. The normalized spacial score (nSPS) is 34.9. The molecule has 2 atom stereocenters. The molecule has 0 radical (unpaired) electrons. The van der Waals surface area contributed by atoms with E-state index in [1.807, 2.05) is 0 Å². The van der Waals surface area contributed by atoms with Crippen LogP contribution >= 0.6 is 11.6 Å². The van der Waals surface area contributed by atoms with Crippen LogP contribution in [-0.2, 0) is 9.47 Å². The number of ether oxygens (including phenoxy) is 2. The Morgan fingerprint density at radius 3 is 3.00 bits per heavy atom. The number of nitrogens with zero attached hydrogens (tertiary/aromatic N) is 1. The van der Waals surface area contributed by atoms with E-state index < -0.39 is 0 Å². The van der Waals surface area contributed by atoms with Crippen molar-refractivity contribution in [2.75, 3.05) is 38.8 Å². The van der Waals surface area contributed by atoms with Crippen LogP contribution in [0.1, 0.15) is 12.8 Å². The summed E-state index contributed by atoms with van der Waals surface area (Å²) in [5.41, 5.74) is 0. The molecule has 0 saturated carbocycles. The van der Waals surface area contributed by atoms with Crippen LogP contribution in [0.2, 0.25) is 0 Å². The molecule has 4 heteroatoms. The van der Waals surface area contributed by atoms with Crippen LogP contribution < -0.4 is 0 Å². The number of rotatable bonds is 3. The molecule has 82 valence electrons. The van der Waals surface area contributed by atoms with E-state index in [0.717, 1.165) is 32.9 Å². The fraction of sp³-hybridized carbons (Fsp3) is 1.00. The lowest BCUT2D eigenvalue weighted by Gasteiger charge is -2.35. The molecule has 2 fully saturated rings. The summed E-state index contributed by atoms with van der Waals surface area (Å²) in [6.07, 6.45) is 2.84. The standard InChI is InChI=1S/C10H18ClNO2/c11-6-9-8-13-5-3-12(9)7-10-2-1-4-14-10/h9-10H,1-8H2. The van der Waals surface area contributed by atoms with Crippen LogP contribution in [0.3, 0.4) is 0 Å². The Kier molecular flexibility index (Phi) is 4.05. The maximum absolute atomic E-state index is 5.90. The molecule has 2 aliphatic heterocycles. The largest absolute Gasteiger partial charge is 0.378 e. The molecule has 3 nitrogen and oxygen atoms in total. The summed E-state index contributed by atoms with van der Waals surface area (Å²) in [5, 5.41) is 0. The molecule has 0 aromatic rings. The van der Waals surface area contributed by atoms with Gasteiger partial charge < -0.3 is 9.47 Å². The Hall–Kier alpha value is 0.170. The summed E-state index contributed by atoms with van der Waals surface area (Å²) < 4.78 is 11.0. The van der Waals surface area contributed by atoms with Gasteiger partial charge in [0.15, 0.2) is 0 Å². The predicted octanol–water partition coefficient (Wildman–Crippen LogP) is 1.10. The molecule has 2 rings (SSSR count). The van der Waals surface area contributed by atoms with Gasteiger partial charge in [-0.25, -0.2) is 0 Å². The smallest absolute Gasteiger partial charge is 0.0703 e. The van der Waals surface area contributed by atoms with Gasteiger partial charge in [0, 0.05) is 31.6 Å². The van der Waals surface area contributed by atoms with Gasteiger partial charge in [-0.3, -0.25) is 4.90 Å². The Balaban J connectivity index is 1.81. The summed E-state index contributed by atoms with van der Waals surface area (Å²) in [4.78, 5) is 2.41. The van der Waals surface area contributed by atoms with Crippen molar-refractivity contribution >= 4 is 11.6 Å². The first kappa shape index (κ1) is 10.7. The maximum atomic E-state index is 5.90. The van der Waals surface area contributed by atoms with Crippen molar-refractivity contribution in [3.8, 4) is 0 Å². The van der Waals surface area contributed by atoms with E-state index in [4.69, 9.17) is 21.1 Å².